The summed E-state index contributed by atoms with van der Waals surface area (Å²) in [6.45, 7) is 1.38. The van der Waals surface area contributed by atoms with Crippen LogP contribution in [0.5, 0.6) is 0 Å². The molecule has 3 N–H and O–H groups in total. The van der Waals surface area contributed by atoms with E-state index in [4.69, 9.17) is 33.2 Å². The largest absolute Gasteiger partial charge is 0.481 e. The van der Waals surface area contributed by atoms with Crippen LogP contribution in [0.25, 0.3) is 0 Å². The Hall–Kier alpha value is -0.785. The minimum Gasteiger partial charge on any atom is -0.481 e. The summed E-state index contributed by atoms with van der Waals surface area (Å²) in [4.78, 5) is 13.8. The summed E-state index contributed by atoms with van der Waals surface area (Å²) in [5.74, 6) is -0.807. The molecule has 0 aromatic heterocycles. The van der Waals surface area contributed by atoms with Crippen LogP contribution in [-0.2, 0) is 11.3 Å². The summed E-state index contributed by atoms with van der Waals surface area (Å²) in [7, 11) is 0.670. The first-order valence-corrected chi connectivity index (χ1v) is 9.73. The lowest BCUT2D eigenvalue weighted by Crippen LogP contribution is -2.38. The van der Waals surface area contributed by atoms with Crippen molar-refractivity contribution >= 4 is 36.3 Å². The van der Waals surface area contributed by atoms with Crippen molar-refractivity contribution in [1.29, 1.82) is 0 Å². The summed E-state index contributed by atoms with van der Waals surface area (Å²) in [6, 6.07) is 5.54. The van der Waals surface area contributed by atoms with E-state index in [1.807, 2.05) is 19.2 Å². The predicted octanol–water partition coefficient (Wildman–Crippen LogP) is 3.41. The Bertz CT molecular complexity index is 617. The molecule has 0 amide bonds. The van der Waals surface area contributed by atoms with Crippen molar-refractivity contribution in [3.63, 3.8) is 0 Å². The number of rotatable bonds is 8. The Morgan fingerprint density at radius 2 is 2.00 bits per heavy atom. The topological polar surface area (TPSA) is 81.0 Å². The maximum absolute atomic E-state index is 11.7. The first kappa shape index (κ1) is 21.5. The Morgan fingerprint density at radius 3 is 2.62 bits per heavy atom. The molecule has 1 fully saturated rings. The van der Waals surface area contributed by atoms with Gasteiger partial charge < -0.3 is 20.1 Å². The van der Waals surface area contributed by atoms with Gasteiger partial charge in [-0.05, 0) is 55.7 Å². The number of halogens is 2. The fourth-order valence-electron chi connectivity index (χ4n) is 3.90. The molecular weight excluding hydrogens is 376 g/mol. The maximum Gasteiger partial charge on any atom is 0.451 e. The molecule has 5 nitrogen and oxygen atoms in total. The van der Waals surface area contributed by atoms with E-state index in [9.17, 15) is 9.90 Å². The molecule has 0 saturated heterocycles. The van der Waals surface area contributed by atoms with Crippen molar-refractivity contribution in [3.05, 3.63) is 33.8 Å². The third-order valence-electron chi connectivity index (χ3n) is 5.24. The van der Waals surface area contributed by atoms with Gasteiger partial charge in [-0.25, -0.2) is 0 Å². The van der Waals surface area contributed by atoms with E-state index in [0.717, 1.165) is 18.4 Å². The molecule has 1 aromatic rings. The summed E-state index contributed by atoms with van der Waals surface area (Å²) in [6.07, 6.45) is 3.34. The number of carboxylic acids is 1. The average Bonchev–Trinajstić information content (AvgIpc) is 2.57. The van der Waals surface area contributed by atoms with Gasteiger partial charge in [0.1, 0.15) is 0 Å². The van der Waals surface area contributed by atoms with Crippen LogP contribution in [-0.4, -0.2) is 46.7 Å². The van der Waals surface area contributed by atoms with Crippen molar-refractivity contribution in [2.75, 3.05) is 13.6 Å². The summed E-state index contributed by atoms with van der Waals surface area (Å²) in [5, 5.41) is 28.7. The number of nitrogens with zero attached hydrogens (tertiary/aromatic N) is 1. The smallest absolute Gasteiger partial charge is 0.451 e. The molecule has 144 valence electrons. The van der Waals surface area contributed by atoms with Gasteiger partial charge in [-0.15, -0.1) is 0 Å². The molecule has 8 heteroatoms. The number of benzene rings is 1. The van der Waals surface area contributed by atoms with E-state index in [2.05, 4.69) is 4.90 Å². The summed E-state index contributed by atoms with van der Waals surface area (Å²) < 4.78 is 0. The molecule has 0 radical (unpaired) electrons. The number of carboxylic acid groups (broad SMARTS) is 1. The number of hydrogen-bond acceptors (Lipinski definition) is 4. The van der Waals surface area contributed by atoms with Gasteiger partial charge in [-0.1, -0.05) is 42.1 Å². The lowest BCUT2D eigenvalue weighted by molar-refractivity contribution is -0.146. The maximum atomic E-state index is 11.7. The van der Waals surface area contributed by atoms with E-state index in [-0.39, 0.29) is 17.8 Å². The molecule has 1 saturated carbocycles. The van der Waals surface area contributed by atoms with Gasteiger partial charge in [0.2, 0.25) is 0 Å². The number of aliphatic carboxylic acids is 1. The Balaban J connectivity index is 1.92. The molecule has 26 heavy (non-hydrogen) atoms. The molecule has 3 atom stereocenters. The van der Waals surface area contributed by atoms with Crippen LogP contribution >= 0.6 is 23.2 Å². The Kier molecular flexibility index (Phi) is 8.23. The van der Waals surface area contributed by atoms with Crippen molar-refractivity contribution in [2.24, 2.45) is 17.8 Å². The SMILES string of the molecule is CN(Cc1ccc(Cl)c(Cl)c1)CC1CCC(CCB(O)O)C[C@@H]1C(=O)O. The molecule has 0 spiro atoms. The lowest BCUT2D eigenvalue weighted by atomic mass is 9.70. The first-order chi connectivity index (χ1) is 12.3. The van der Waals surface area contributed by atoms with Crippen LogP contribution in [0.4, 0.5) is 0 Å². The molecule has 0 heterocycles. The zero-order valence-electron chi connectivity index (χ0n) is 14.9. The van der Waals surface area contributed by atoms with Gasteiger partial charge >= 0.3 is 13.1 Å². The quantitative estimate of drug-likeness (QED) is 0.581. The van der Waals surface area contributed by atoms with Crippen molar-refractivity contribution in [2.45, 2.75) is 38.5 Å². The highest BCUT2D eigenvalue weighted by Gasteiger charge is 2.35. The minimum absolute atomic E-state index is 0.0931. The van der Waals surface area contributed by atoms with Crippen molar-refractivity contribution in [3.8, 4) is 0 Å². The molecule has 0 bridgehead atoms. The van der Waals surface area contributed by atoms with Crippen LogP contribution in [0.1, 0.15) is 31.2 Å². The second-order valence-electron chi connectivity index (χ2n) is 7.39. The van der Waals surface area contributed by atoms with Crippen LogP contribution in [0.15, 0.2) is 18.2 Å². The number of carbonyl (C=O) groups is 1. The molecule has 1 aliphatic carbocycles. The predicted molar refractivity (Wildman–Crippen MR) is 104 cm³/mol. The van der Waals surface area contributed by atoms with Crippen LogP contribution in [0.2, 0.25) is 16.4 Å². The fraction of sp³-hybridized carbons (Fsp3) is 0.611. The lowest BCUT2D eigenvalue weighted by Gasteiger charge is -2.36. The minimum atomic E-state index is -1.31. The van der Waals surface area contributed by atoms with E-state index in [1.54, 1.807) is 6.07 Å². The van der Waals surface area contributed by atoms with Gasteiger partial charge in [-0.2, -0.15) is 0 Å². The highest BCUT2D eigenvalue weighted by Crippen LogP contribution is 2.37. The van der Waals surface area contributed by atoms with E-state index in [0.29, 0.717) is 42.3 Å². The Labute approximate surface area is 165 Å². The van der Waals surface area contributed by atoms with Gasteiger partial charge in [-0.3, -0.25) is 4.79 Å². The first-order valence-electron chi connectivity index (χ1n) is 8.97. The third kappa shape index (κ3) is 6.43. The normalized spacial score (nSPS) is 23.2. The van der Waals surface area contributed by atoms with Gasteiger partial charge in [0.15, 0.2) is 0 Å². The van der Waals surface area contributed by atoms with Crippen molar-refractivity contribution < 1.29 is 19.9 Å². The monoisotopic (exact) mass is 401 g/mol. The molecule has 2 rings (SSSR count). The third-order valence-corrected chi connectivity index (χ3v) is 5.97. The molecule has 0 aliphatic heterocycles. The van der Waals surface area contributed by atoms with Crippen LogP contribution in [0.3, 0.4) is 0 Å². The summed E-state index contributed by atoms with van der Waals surface area (Å²) >= 11 is 12.0. The molecular formula is C18H26BCl2NO4. The van der Waals surface area contributed by atoms with E-state index in [1.165, 1.54) is 0 Å². The molecule has 1 aromatic carbocycles. The fourth-order valence-corrected chi connectivity index (χ4v) is 4.22. The second-order valence-corrected chi connectivity index (χ2v) is 8.20. The number of hydrogen-bond donors (Lipinski definition) is 3. The standard InChI is InChI=1S/C18H26BCl2NO4/c1-22(10-13-3-5-16(20)17(21)9-13)11-14-4-2-12(6-7-19(25)26)8-15(14)18(23)24/h3,5,9,12,14-15,25-26H,2,4,6-8,10-11H2,1H3,(H,23,24)/t12?,14?,15-/m0/s1. The molecule has 2 unspecified atom stereocenters. The summed E-state index contributed by atoms with van der Waals surface area (Å²) in [5.41, 5.74) is 1.04. The van der Waals surface area contributed by atoms with Gasteiger partial charge in [0, 0.05) is 13.1 Å². The van der Waals surface area contributed by atoms with Gasteiger partial charge in [0.25, 0.3) is 0 Å². The van der Waals surface area contributed by atoms with Crippen LogP contribution < -0.4 is 0 Å². The second kappa shape index (κ2) is 9.95. The van der Waals surface area contributed by atoms with E-state index >= 15 is 0 Å². The zero-order chi connectivity index (χ0) is 19.3. The highest BCUT2D eigenvalue weighted by molar-refractivity contribution is 6.42. The average molecular weight is 402 g/mol. The zero-order valence-corrected chi connectivity index (χ0v) is 16.5. The van der Waals surface area contributed by atoms with Crippen molar-refractivity contribution in [1.82, 2.24) is 4.90 Å². The van der Waals surface area contributed by atoms with Gasteiger partial charge in [0.05, 0.1) is 16.0 Å². The highest BCUT2D eigenvalue weighted by atomic mass is 35.5. The Morgan fingerprint density at radius 1 is 1.27 bits per heavy atom. The molecule has 1 aliphatic rings. The van der Waals surface area contributed by atoms with Crippen LogP contribution in [0, 0.1) is 17.8 Å². The van der Waals surface area contributed by atoms with E-state index < -0.39 is 13.1 Å².